The van der Waals surface area contributed by atoms with Gasteiger partial charge in [-0.15, -0.1) is 0 Å². The van der Waals surface area contributed by atoms with Gasteiger partial charge in [0, 0.05) is 12.5 Å². The summed E-state index contributed by atoms with van der Waals surface area (Å²) in [4.78, 5) is 65.8. The number of hydrogen-bond acceptors (Lipinski definition) is 8. The highest BCUT2D eigenvalue weighted by Crippen LogP contribution is 2.18. The van der Waals surface area contributed by atoms with E-state index in [1.54, 1.807) is 27.7 Å². The fourth-order valence-corrected chi connectivity index (χ4v) is 5.58. The molecule has 0 aromatic carbocycles. The molecule has 0 aromatic heterocycles. The lowest BCUT2D eigenvalue weighted by molar-refractivity contribution is -0.132. The highest BCUT2D eigenvalue weighted by Gasteiger charge is 2.33. The van der Waals surface area contributed by atoms with Gasteiger partial charge in [-0.1, -0.05) is 62.3 Å². The topological polar surface area (TPSA) is 175 Å². The molecule has 12 nitrogen and oxygen atoms in total. The average molecular weight is 716 g/mol. The largest absolute Gasteiger partial charge is 0.444 e. The second-order valence-corrected chi connectivity index (χ2v) is 16.9. The number of aliphatic hydroxyl groups excluding tert-OH is 1. The van der Waals surface area contributed by atoms with Crippen LogP contribution in [0.5, 0.6) is 0 Å². The van der Waals surface area contributed by atoms with Crippen LogP contribution in [0.3, 0.4) is 0 Å². The summed E-state index contributed by atoms with van der Waals surface area (Å²) >= 11 is 1.53. The summed E-state index contributed by atoms with van der Waals surface area (Å²) in [6, 6.07) is -3.22. The predicted molar refractivity (Wildman–Crippen MR) is 198 cm³/mol. The Bertz CT molecular complexity index is 1030. The predicted octanol–water partition coefficient (Wildman–Crippen LogP) is 4.38. The average Bonchev–Trinajstić information content (AvgIpc) is 2.94. The van der Waals surface area contributed by atoms with Crippen molar-refractivity contribution in [2.24, 2.45) is 29.6 Å². The highest BCUT2D eigenvalue weighted by molar-refractivity contribution is 7.98. The van der Waals surface area contributed by atoms with Gasteiger partial charge >= 0.3 is 6.09 Å². The molecule has 49 heavy (non-hydrogen) atoms. The number of aliphatic hydroxyl groups is 1. The Morgan fingerprint density at radius 3 is 1.59 bits per heavy atom. The Kier molecular flexibility index (Phi) is 21.8. The van der Waals surface area contributed by atoms with E-state index >= 15 is 0 Å². The van der Waals surface area contributed by atoms with Crippen molar-refractivity contribution in [3.05, 3.63) is 0 Å². The number of thioether (sulfide) groups is 1. The highest BCUT2D eigenvalue weighted by atomic mass is 32.2. The van der Waals surface area contributed by atoms with Crippen LogP contribution in [-0.2, 0) is 23.9 Å². The van der Waals surface area contributed by atoms with Gasteiger partial charge in [-0.2, -0.15) is 11.8 Å². The second-order valence-electron chi connectivity index (χ2n) is 15.9. The minimum Gasteiger partial charge on any atom is -0.444 e. The van der Waals surface area contributed by atoms with Gasteiger partial charge < -0.3 is 36.4 Å². The number of amides is 5. The molecule has 0 aliphatic heterocycles. The van der Waals surface area contributed by atoms with Crippen molar-refractivity contribution in [3.63, 3.8) is 0 Å². The Labute approximate surface area is 300 Å². The van der Waals surface area contributed by atoms with Gasteiger partial charge in [0.05, 0.1) is 12.1 Å². The summed E-state index contributed by atoms with van der Waals surface area (Å²) in [6.07, 6.45) is 1.77. The zero-order valence-corrected chi connectivity index (χ0v) is 33.3. The van der Waals surface area contributed by atoms with Crippen molar-refractivity contribution < 1.29 is 33.8 Å². The van der Waals surface area contributed by atoms with Crippen LogP contribution in [0.1, 0.15) is 115 Å². The fraction of sp³-hybridized carbons (Fsp3) is 0.861. The van der Waals surface area contributed by atoms with E-state index in [4.69, 9.17) is 4.74 Å². The summed E-state index contributed by atoms with van der Waals surface area (Å²) < 4.78 is 5.36. The van der Waals surface area contributed by atoms with Crippen LogP contribution in [0.4, 0.5) is 4.79 Å². The van der Waals surface area contributed by atoms with Gasteiger partial charge in [-0.3, -0.25) is 19.2 Å². The molecule has 0 rings (SSSR count). The Morgan fingerprint density at radius 2 is 1.12 bits per heavy atom. The summed E-state index contributed by atoms with van der Waals surface area (Å²) in [6.45, 7) is 23.2. The first-order valence-corrected chi connectivity index (χ1v) is 19.3. The van der Waals surface area contributed by atoms with Crippen molar-refractivity contribution in [1.82, 2.24) is 26.6 Å². The van der Waals surface area contributed by atoms with E-state index < -0.39 is 59.7 Å². The monoisotopic (exact) mass is 715 g/mol. The van der Waals surface area contributed by atoms with E-state index in [1.165, 1.54) is 11.8 Å². The van der Waals surface area contributed by atoms with Gasteiger partial charge in [0.2, 0.25) is 23.6 Å². The zero-order chi connectivity index (χ0) is 38.1. The summed E-state index contributed by atoms with van der Waals surface area (Å²) in [5.74, 6) is -0.965. The van der Waals surface area contributed by atoms with Gasteiger partial charge in [0.1, 0.15) is 23.7 Å². The fourth-order valence-electron chi connectivity index (χ4n) is 5.11. The van der Waals surface area contributed by atoms with Crippen molar-refractivity contribution in [1.29, 1.82) is 0 Å². The molecule has 0 saturated heterocycles. The number of rotatable bonds is 22. The first-order valence-electron chi connectivity index (χ1n) is 17.9. The lowest BCUT2D eigenvalue weighted by Crippen LogP contribution is -2.57. The van der Waals surface area contributed by atoms with Crippen LogP contribution < -0.4 is 26.6 Å². The maximum absolute atomic E-state index is 13.7. The SMILES string of the molecule is CSCC[C@H](NC(=O)[C@H](CC(C)C)NC(=O)OC(C)(C)C)C(=O)N[C@@H](CC(C)C)[C@@H](O)C[C@@H](C)C(=O)N[C@@H](CC(C)C)C(=O)NCC(C)C. The molecule has 0 heterocycles. The van der Waals surface area contributed by atoms with Gasteiger partial charge in [0.25, 0.3) is 0 Å². The molecule has 0 aromatic rings. The molecular weight excluding hydrogens is 646 g/mol. The van der Waals surface area contributed by atoms with E-state index in [0.29, 0.717) is 38.0 Å². The molecule has 13 heteroatoms. The molecule has 0 spiro atoms. The van der Waals surface area contributed by atoms with E-state index in [0.717, 1.165) is 0 Å². The van der Waals surface area contributed by atoms with Crippen molar-refractivity contribution >= 4 is 41.5 Å². The van der Waals surface area contributed by atoms with Gasteiger partial charge in [-0.25, -0.2) is 4.79 Å². The molecule has 5 amide bonds. The number of carbonyl (C=O) groups is 5. The van der Waals surface area contributed by atoms with Crippen LogP contribution in [-0.4, -0.2) is 89.3 Å². The summed E-state index contributed by atoms with van der Waals surface area (Å²) in [7, 11) is 0. The maximum atomic E-state index is 13.7. The Balaban J connectivity index is 5.84. The molecular formula is C36H69N5O7S. The van der Waals surface area contributed by atoms with E-state index in [-0.39, 0.29) is 41.9 Å². The third-order valence-corrected chi connectivity index (χ3v) is 8.19. The van der Waals surface area contributed by atoms with Crippen molar-refractivity contribution in [2.45, 2.75) is 151 Å². The molecule has 0 radical (unpaired) electrons. The molecule has 6 atom stereocenters. The first kappa shape index (κ1) is 46.5. The third kappa shape index (κ3) is 21.3. The number of ether oxygens (including phenoxy) is 1. The summed E-state index contributed by atoms with van der Waals surface area (Å²) in [5.41, 5.74) is -0.744. The second kappa shape index (κ2) is 23.0. The number of carbonyl (C=O) groups excluding carboxylic acids is 5. The molecule has 0 unspecified atom stereocenters. The number of alkyl carbamates (subject to hydrolysis) is 1. The zero-order valence-electron chi connectivity index (χ0n) is 32.5. The molecule has 0 saturated carbocycles. The smallest absolute Gasteiger partial charge is 0.408 e. The maximum Gasteiger partial charge on any atom is 0.408 e. The molecule has 286 valence electrons. The minimum absolute atomic E-state index is 0.0591. The van der Waals surface area contributed by atoms with E-state index in [1.807, 2.05) is 61.6 Å². The minimum atomic E-state index is -1.06. The number of hydrogen-bond donors (Lipinski definition) is 6. The van der Waals surface area contributed by atoms with Crippen LogP contribution in [0, 0.1) is 29.6 Å². The lowest BCUT2D eigenvalue weighted by atomic mass is 9.91. The lowest BCUT2D eigenvalue weighted by Gasteiger charge is -2.30. The Hall–Kier alpha value is -2.54. The van der Waals surface area contributed by atoms with E-state index in [2.05, 4.69) is 26.6 Å². The standard InChI is InChI=1S/C36H69N5O7S/c1-21(2)16-27(30(42)19-25(9)31(43)40-28(17-22(3)4)32(44)37-20-24(7)8)39-33(45)26(14-15-49-13)38-34(46)29(18-23(5)6)41-35(47)48-36(10,11)12/h21-30,42H,14-20H2,1-13H3,(H,37,44)(H,38,46)(H,39,45)(H,40,43)(H,41,47)/t25-,26+,27+,28+,29+,30+/m1/s1. The van der Waals surface area contributed by atoms with Crippen molar-refractivity contribution in [3.8, 4) is 0 Å². The van der Waals surface area contributed by atoms with Crippen LogP contribution in [0.2, 0.25) is 0 Å². The molecule has 6 N–H and O–H groups in total. The first-order chi connectivity index (χ1) is 22.6. The van der Waals surface area contributed by atoms with Crippen molar-refractivity contribution in [2.75, 3.05) is 18.6 Å². The summed E-state index contributed by atoms with van der Waals surface area (Å²) in [5, 5.41) is 25.6. The van der Waals surface area contributed by atoms with Crippen LogP contribution >= 0.6 is 11.8 Å². The normalized spacial score (nSPS) is 15.6. The molecule has 0 aliphatic carbocycles. The third-order valence-electron chi connectivity index (χ3n) is 7.54. The number of nitrogens with one attached hydrogen (secondary N) is 5. The molecule has 0 aliphatic rings. The van der Waals surface area contributed by atoms with Crippen LogP contribution in [0.25, 0.3) is 0 Å². The van der Waals surface area contributed by atoms with E-state index in [9.17, 15) is 29.1 Å². The quantitative estimate of drug-likeness (QED) is 0.0958. The van der Waals surface area contributed by atoms with Gasteiger partial charge in [0.15, 0.2) is 0 Å². The molecule has 0 fully saturated rings. The van der Waals surface area contributed by atoms with Crippen LogP contribution in [0.15, 0.2) is 0 Å². The molecule has 0 bridgehead atoms. The Morgan fingerprint density at radius 1 is 0.633 bits per heavy atom. The van der Waals surface area contributed by atoms with Gasteiger partial charge in [-0.05, 0) is 88.6 Å².